The molecular formula is C11H14N4O. The lowest BCUT2D eigenvalue weighted by Gasteiger charge is -2.13. The first kappa shape index (κ1) is 9.45. The van der Waals surface area contributed by atoms with Gasteiger partial charge >= 0.3 is 0 Å². The summed E-state index contributed by atoms with van der Waals surface area (Å²) >= 11 is 0. The monoisotopic (exact) mass is 218 g/mol. The molecule has 1 aromatic heterocycles. The molecule has 0 saturated heterocycles. The molecule has 0 aliphatic heterocycles. The van der Waals surface area contributed by atoms with Crippen molar-refractivity contribution in [2.45, 2.75) is 31.7 Å². The van der Waals surface area contributed by atoms with Crippen LogP contribution in [-0.4, -0.2) is 16.4 Å². The third-order valence-corrected chi connectivity index (χ3v) is 3.16. The quantitative estimate of drug-likeness (QED) is 0.755. The molecule has 3 N–H and O–H groups in total. The number of benzene rings is 1. The van der Waals surface area contributed by atoms with E-state index in [-0.39, 0.29) is 0 Å². The van der Waals surface area contributed by atoms with Crippen LogP contribution >= 0.6 is 0 Å². The van der Waals surface area contributed by atoms with Gasteiger partial charge in [0.05, 0.1) is 11.4 Å². The molecule has 84 valence electrons. The molecule has 0 atom stereocenters. The fourth-order valence-electron chi connectivity index (χ4n) is 2.29. The third-order valence-electron chi connectivity index (χ3n) is 3.16. The number of hydrogen-bond acceptors (Lipinski definition) is 5. The molecule has 0 unspecified atom stereocenters. The first-order chi connectivity index (χ1) is 7.84. The topological polar surface area (TPSA) is 77.0 Å². The molecule has 1 aliphatic rings. The van der Waals surface area contributed by atoms with Crippen LogP contribution in [-0.2, 0) is 0 Å². The SMILES string of the molecule is Nc1ccc(NC2CCCC2)c2nonc12. The molecule has 1 aromatic carbocycles. The van der Waals surface area contributed by atoms with Crippen LogP contribution < -0.4 is 11.1 Å². The fourth-order valence-corrected chi connectivity index (χ4v) is 2.29. The van der Waals surface area contributed by atoms with E-state index in [1.54, 1.807) is 0 Å². The van der Waals surface area contributed by atoms with Gasteiger partial charge in [0, 0.05) is 6.04 Å². The van der Waals surface area contributed by atoms with Crippen molar-refractivity contribution in [1.82, 2.24) is 10.3 Å². The standard InChI is InChI=1S/C11H14N4O/c12-8-5-6-9(11-10(8)14-16-15-11)13-7-3-1-2-4-7/h5-7,13H,1-4,12H2. The summed E-state index contributed by atoms with van der Waals surface area (Å²) in [7, 11) is 0. The number of nitrogens with zero attached hydrogens (tertiary/aromatic N) is 2. The molecule has 1 aliphatic carbocycles. The van der Waals surface area contributed by atoms with Crippen LogP contribution in [0.25, 0.3) is 11.0 Å². The van der Waals surface area contributed by atoms with E-state index >= 15 is 0 Å². The molecule has 1 heterocycles. The highest BCUT2D eigenvalue weighted by atomic mass is 16.6. The zero-order valence-electron chi connectivity index (χ0n) is 8.94. The van der Waals surface area contributed by atoms with Crippen LogP contribution in [0.15, 0.2) is 16.8 Å². The summed E-state index contributed by atoms with van der Waals surface area (Å²) in [6.07, 6.45) is 5.04. The smallest absolute Gasteiger partial charge is 0.160 e. The number of rotatable bonds is 2. The van der Waals surface area contributed by atoms with Crippen LogP contribution in [0.3, 0.4) is 0 Å². The lowest BCUT2D eigenvalue weighted by molar-refractivity contribution is 0.315. The predicted octanol–water partition coefficient (Wildman–Crippen LogP) is 2.16. The Bertz CT molecular complexity index is 502. The van der Waals surface area contributed by atoms with E-state index in [9.17, 15) is 0 Å². The van der Waals surface area contributed by atoms with Gasteiger partial charge in [-0.25, -0.2) is 4.63 Å². The van der Waals surface area contributed by atoms with Crippen LogP contribution in [0.2, 0.25) is 0 Å². The summed E-state index contributed by atoms with van der Waals surface area (Å²) in [4.78, 5) is 0. The first-order valence-corrected chi connectivity index (χ1v) is 5.62. The van der Waals surface area contributed by atoms with Gasteiger partial charge in [-0.15, -0.1) is 0 Å². The zero-order chi connectivity index (χ0) is 11.0. The molecule has 1 saturated carbocycles. The van der Waals surface area contributed by atoms with Crippen molar-refractivity contribution in [2.24, 2.45) is 0 Å². The number of hydrogen-bond donors (Lipinski definition) is 2. The molecular weight excluding hydrogens is 204 g/mol. The van der Waals surface area contributed by atoms with E-state index in [2.05, 4.69) is 15.6 Å². The van der Waals surface area contributed by atoms with Crippen molar-refractivity contribution in [2.75, 3.05) is 11.1 Å². The van der Waals surface area contributed by atoms with Crippen LogP contribution in [0.5, 0.6) is 0 Å². The minimum atomic E-state index is 0.545. The zero-order valence-corrected chi connectivity index (χ0v) is 8.94. The van der Waals surface area contributed by atoms with Gasteiger partial charge in [0.15, 0.2) is 11.0 Å². The first-order valence-electron chi connectivity index (χ1n) is 5.62. The normalized spacial score (nSPS) is 17.0. The van der Waals surface area contributed by atoms with Crippen LogP contribution in [0.4, 0.5) is 11.4 Å². The van der Waals surface area contributed by atoms with Gasteiger partial charge in [-0.05, 0) is 35.3 Å². The summed E-state index contributed by atoms with van der Waals surface area (Å²) in [6.45, 7) is 0. The Morgan fingerprint density at radius 1 is 1.19 bits per heavy atom. The molecule has 0 spiro atoms. The van der Waals surface area contributed by atoms with Gasteiger partial charge in [0.2, 0.25) is 0 Å². The maximum atomic E-state index is 5.79. The molecule has 3 rings (SSSR count). The van der Waals surface area contributed by atoms with Gasteiger partial charge in [-0.3, -0.25) is 0 Å². The number of aromatic nitrogens is 2. The Labute approximate surface area is 93.0 Å². The van der Waals surface area contributed by atoms with Crippen molar-refractivity contribution in [3.05, 3.63) is 12.1 Å². The lowest BCUT2D eigenvalue weighted by Crippen LogP contribution is -2.14. The van der Waals surface area contributed by atoms with Gasteiger partial charge in [0.1, 0.15) is 0 Å². The van der Waals surface area contributed by atoms with Crippen molar-refractivity contribution in [3.8, 4) is 0 Å². The summed E-state index contributed by atoms with van der Waals surface area (Å²) in [5, 5.41) is 11.2. The Kier molecular flexibility index (Phi) is 2.16. The predicted molar refractivity (Wildman–Crippen MR) is 62.1 cm³/mol. The third kappa shape index (κ3) is 1.48. The average Bonchev–Trinajstić information content (AvgIpc) is 2.92. The second-order valence-corrected chi connectivity index (χ2v) is 4.29. The largest absolute Gasteiger partial charge is 0.397 e. The summed E-state index contributed by atoms with van der Waals surface area (Å²) in [5.74, 6) is 0. The van der Waals surface area contributed by atoms with Crippen molar-refractivity contribution in [3.63, 3.8) is 0 Å². The highest BCUT2D eigenvalue weighted by Crippen LogP contribution is 2.28. The van der Waals surface area contributed by atoms with E-state index < -0.39 is 0 Å². The van der Waals surface area contributed by atoms with E-state index in [0.29, 0.717) is 17.2 Å². The maximum Gasteiger partial charge on any atom is 0.160 e. The Morgan fingerprint density at radius 3 is 2.75 bits per heavy atom. The molecule has 5 nitrogen and oxygen atoms in total. The molecule has 0 amide bonds. The fraction of sp³-hybridized carbons (Fsp3) is 0.455. The highest BCUT2D eigenvalue weighted by Gasteiger charge is 2.17. The Morgan fingerprint density at radius 2 is 1.94 bits per heavy atom. The summed E-state index contributed by atoms with van der Waals surface area (Å²) in [6, 6.07) is 4.33. The summed E-state index contributed by atoms with van der Waals surface area (Å²) in [5.41, 5.74) is 8.73. The average molecular weight is 218 g/mol. The maximum absolute atomic E-state index is 5.79. The van der Waals surface area contributed by atoms with E-state index in [1.165, 1.54) is 25.7 Å². The Hall–Kier alpha value is -1.78. The van der Waals surface area contributed by atoms with E-state index in [0.717, 1.165) is 11.2 Å². The highest BCUT2D eigenvalue weighted by molar-refractivity contribution is 5.95. The number of nitrogens with one attached hydrogen (secondary N) is 1. The second kappa shape index (κ2) is 3.66. The van der Waals surface area contributed by atoms with Gasteiger partial charge < -0.3 is 11.1 Å². The second-order valence-electron chi connectivity index (χ2n) is 4.29. The molecule has 2 aromatic rings. The molecule has 1 fully saturated rings. The van der Waals surface area contributed by atoms with Crippen molar-refractivity contribution >= 4 is 22.4 Å². The number of anilines is 2. The lowest BCUT2D eigenvalue weighted by atomic mass is 10.2. The molecule has 5 heteroatoms. The minimum absolute atomic E-state index is 0.545. The van der Waals surface area contributed by atoms with E-state index in [4.69, 9.17) is 10.4 Å². The van der Waals surface area contributed by atoms with Gasteiger partial charge in [-0.2, -0.15) is 0 Å². The van der Waals surface area contributed by atoms with Gasteiger partial charge in [0.25, 0.3) is 0 Å². The minimum Gasteiger partial charge on any atom is -0.397 e. The summed E-state index contributed by atoms with van der Waals surface area (Å²) < 4.78 is 4.73. The molecule has 16 heavy (non-hydrogen) atoms. The van der Waals surface area contributed by atoms with Crippen LogP contribution in [0.1, 0.15) is 25.7 Å². The van der Waals surface area contributed by atoms with Crippen molar-refractivity contribution < 1.29 is 4.63 Å². The van der Waals surface area contributed by atoms with Crippen LogP contribution in [0, 0.1) is 0 Å². The van der Waals surface area contributed by atoms with Crippen molar-refractivity contribution in [1.29, 1.82) is 0 Å². The number of nitrogen functional groups attached to an aromatic ring is 1. The van der Waals surface area contributed by atoms with E-state index in [1.807, 2.05) is 12.1 Å². The number of fused-ring (bicyclic) bond motifs is 1. The van der Waals surface area contributed by atoms with Gasteiger partial charge in [-0.1, -0.05) is 12.8 Å². The molecule has 0 bridgehead atoms. The number of nitrogens with two attached hydrogens (primary N) is 1. The molecule has 0 radical (unpaired) electrons. The Balaban J connectivity index is 1.96.